The van der Waals surface area contributed by atoms with Gasteiger partial charge in [-0.15, -0.1) is 0 Å². The molecule has 1 amide bonds. The highest BCUT2D eigenvalue weighted by molar-refractivity contribution is 6.22. The van der Waals surface area contributed by atoms with E-state index in [1.165, 1.54) is 5.56 Å². The molecule has 1 saturated heterocycles. The van der Waals surface area contributed by atoms with Gasteiger partial charge in [0, 0.05) is 36.1 Å². The summed E-state index contributed by atoms with van der Waals surface area (Å²) in [7, 11) is 0. The summed E-state index contributed by atoms with van der Waals surface area (Å²) >= 11 is 0. The maximum absolute atomic E-state index is 12.2. The van der Waals surface area contributed by atoms with E-state index in [2.05, 4.69) is 44.5 Å². The third-order valence-electron chi connectivity index (χ3n) is 5.30. The highest BCUT2D eigenvalue weighted by Crippen LogP contribution is 2.31. The van der Waals surface area contributed by atoms with Crippen molar-refractivity contribution in [2.24, 2.45) is 4.99 Å². The summed E-state index contributed by atoms with van der Waals surface area (Å²) in [6.07, 6.45) is 0. The van der Waals surface area contributed by atoms with Crippen LogP contribution < -0.4 is 5.32 Å². The number of ether oxygens (including phenoxy) is 1. The van der Waals surface area contributed by atoms with Crippen LogP contribution in [0.5, 0.6) is 0 Å². The number of rotatable bonds is 3. The highest BCUT2D eigenvalue weighted by atomic mass is 16.5. The lowest BCUT2D eigenvalue weighted by molar-refractivity contribution is -0.114. The van der Waals surface area contributed by atoms with E-state index in [0.717, 1.165) is 66.4 Å². The molecule has 0 bridgehead atoms. The number of nitrogens with zero attached hydrogens (tertiary/aromatic N) is 2. The molecule has 0 radical (unpaired) electrons. The first kappa shape index (κ1) is 17.2. The Bertz CT molecular complexity index is 1060. The standard InChI is InChI=1S/C22H22N4O2/c27-19-13-23-20(22-21(25-19)17-6-1-2-7-18(17)24-22)16-5-3-4-15(12-16)14-26-8-10-28-11-9-26/h1-7,12,24H,8-11,13-14H2,(H,25,27). The number of anilines is 1. The fourth-order valence-corrected chi connectivity index (χ4v) is 3.93. The summed E-state index contributed by atoms with van der Waals surface area (Å²) in [5.41, 5.74) is 5.77. The normalized spacial score (nSPS) is 17.7. The van der Waals surface area contributed by atoms with Crippen molar-refractivity contribution in [1.29, 1.82) is 0 Å². The van der Waals surface area contributed by atoms with E-state index in [4.69, 9.17) is 4.74 Å². The Morgan fingerprint density at radius 2 is 1.93 bits per heavy atom. The Balaban J connectivity index is 1.54. The van der Waals surface area contributed by atoms with Crippen LogP contribution in [0, 0.1) is 0 Å². The largest absolute Gasteiger partial charge is 0.379 e. The summed E-state index contributed by atoms with van der Waals surface area (Å²) < 4.78 is 5.44. The van der Waals surface area contributed by atoms with Crippen LogP contribution in [0.15, 0.2) is 53.5 Å². The van der Waals surface area contributed by atoms with Crippen molar-refractivity contribution in [3.8, 4) is 0 Å². The Morgan fingerprint density at radius 1 is 1.07 bits per heavy atom. The molecule has 0 spiro atoms. The van der Waals surface area contributed by atoms with Crippen LogP contribution >= 0.6 is 0 Å². The molecule has 142 valence electrons. The van der Waals surface area contributed by atoms with Crippen LogP contribution in [-0.2, 0) is 16.1 Å². The van der Waals surface area contributed by atoms with E-state index in [0.29, 0.717) is 0 Å². The average Bonchev–Trinajstić information content (AvgIpc) is 2.99. The number of aliphatic imine (C=N–C) groups is 1. The molecule has 28 heavy (non-hydrogen) atoms. The molecule has 0 atom stereocenters. The molecule has 2 aromatic carbocycles. The summed E-state index contributed by atoms with van der Waals surface area (Å²) in [6.45, 7) is 4.50. The van der Waals surface area contributed by atoms with Crippen molar-refractivity contribution in [1.82, 2.24) is 9.88 Å². The molecular formula is C22H22N4O2. The maximum atomic E-state index is 12.2. The minimum Gasteiger partial charge on any atom is -0.379 e. The Morgan fingerprint density at radius 3 is 2.82 bits per heavy atom. The lowest BCUT2D eigenvalue weighted by Crippen LogP contribution is -2.35. The van der Waals surface area contributed by atoms with Gasteiger partial charge in [0.05, 0.1) is 30.3 Å². The zero-order valence-electron chi connectivity index (χ0n) is 15.6. The van der Waals surface area contributed by atoms with Gasteiger partial charge >= 0.3 is 0 Å². The van der Waals surface area contributed by atoms with Gasteiger partial charge in [-0.2, -0.15) is 0 Å². The average molecular weight is 374 g/mol. The van der Waals surface area contributed by atoms with Crippen LogP contribution in [0.2, 0.25) is 0 Å². The van der Waals surface area contributed by atoms with Crippen molar-refractivity contribution in [2.45, 2.75) is 6.54 Å². The zero-order valence-corrected chi connectivity index (χ0v) is 15.6. The van der Waals surface area contributed by atoms with Crippen LogP contribution in [0.25, 0.3) is 10.9 Å². The second-order valence-corrected chi connectivity index (χ2v) is 7.22. The zero-order chi connectivity index (χ0) is 18.9. The van der Waals surface area contributed by atoms with Gasteiger partial charge in [0.1, 0.15) is 6.54 Å². The van der Waals surface area contributed by atoms with Crippen LogP contribution in [0.1, 0.15) is 16.8 Å². The third kappa shape index (κ3) is 3.21. The molecule has 2 aliphatic rings. The van der Waals surface area contributed by atoms with Crippen LogP contribution in [-0.4, -0.2) is 54.4 Å². The fraction of sp³-hybridized carbons (Fsp3) is 0.273. The minimum absolute atomic E-state index is 0.0922. The molecule has 0 aliphatic carbocycles. The van der Waals surface area contributed by atoms with Gasteiger partial charge in [-0.25, -0.2) is 0 Å². The first-order valence-corrected chi connectivity index (χ1v) is 9.63. The molecule has 0 unspecified atom stereocenters. The maximum Gasteiger partial charge on any atom is 0.246 e. The number of carbonyl (C=O) groups is 1. The second kappa shape index (κ2) is 7.22. The van der Waals surface area contributed by atoms with E-state index in [9.17, 15) is 4.79 Å². The van der Waals surface area contributed by atoms with E-state index < -0.39 is 0 Å². The monoisotopic (exact) mass is 374 g/mol. The number of hydrogen-bond donors (Lipinski definition) is 2. The SMILES string of the molecule is O=C1CN=C(c2cccc(CN3CCOCC3)c2)c2[nH]c3ccccc3c2N1. The molecule has 3 heterocycles. The third-order valence-corrected chi connectivity index (χ3v) is 5.30. The van der Waals surface area contributed by atoms with Crippen molar-refractivity contribution in [3.05, 3.63) is 65.4 Å². The van der Waals surface area contributed by atoms with Gasteiger partial charge in [0.15, 0.2) is 0 Å². The number of aromatic nitrogens is 1. The van der Waals surface area contributed by atoms with Gasteiger partial charge in [-0.3, -0.25) is 14.7 Å². The van der Waals surface area contributed by atoms with Gasteiger partial charge in [0.25, 0.3) is 0 Å². The number of aromatic amines is 1. The topological polar surface area (TPSA) is 69.7 Å². The van der Waals surface area contributed by atoms with Gasteiger partial charge in [-0.05, 0) is 17.7 Å². The molecule has 1 fully saturated rings. The fourth-order valence-electron chi connectivity index (χ4n) is 3.93. The van der Waals surface area contributed by atoms with Gasteiger partial charge in [0.2, 0.25) is 5.91 Å². The second-order valence-electron chi connectivity index (χ2n) is 7.22. The number of carbonyl (C=O) groups excluding carboxylic acids is 1. The van der Waals surface area contributed by atoms with Crippen molar-refractivity contribution < 1.29 is 9.53 Å². The number of H-pyrrole nitrogens is 1. The number of nitrogens with one attached hydrogen (secondary N) is 2. The molecule has 2 aliphatic heterocycles. The van der Waals surface area contributed by atoms with Crippen molar-refractivity contribution in [3.63, 3.8) is 0 Å². The quantitative estimate of drug-likeness (QED) is 0.741. The summed E-state index contributed by atoms with van der Waals surface area (Å²) in [6, 6.07) is 16.5. The first-order chi connectivity index (χ1) is 13.8. The molecule has 3 aromatic rings. The van der Waals surface area contributed by atoms with Gasteiger partial charge in [-0.1, -0.05) is 36.4 Å². The molecule has 5 rings (SSSR count). The molecule has 2 N–H and O–H groups in total. The Hall–Kier alpha value is -2.96. The number of morpholine rings is 1. The first-order valence-electron chi connectivity index (χ1n) is 9.63. The van der Waals surface area contributed by atoms with E-state index in [1.807, 2.05) is 24.3 Å². The minimum atomic E-state index is -0.0922. The summed E-state index contributed by atoms with van der Waals surface area (Å²) in [4.78, 5) is 22.7. The molecular weight excluding hydrogens is 352 g/mol. The summed E-state index contributed by atoms with van der Waals surface area (Å²) in [5, 5.41) is 4.02. The van der Waals surface area contributed by atoms with Crippen molar-refractivity contribution in [2.75, 3.05) is 38.2 Å². The number of benzene rings is 2. The number of fused-ring (bicyclic) bond motifs is 3. The summed E-state index contributed by atoms with van der Waals surface area (Å²) in [5.74, 6) is -0.0922. The van der Waals surface area contributed by atoms with Crippen LogP contribution in [0.4, 0.5) is 5.69 Å². The number of para-hydroxylation sites is 1. The lowest BCUT2D eigenvalue weighted by atomic mass is 10.0. The number of amides is 1. The van der Waals surface area contributed by atoms with Crippen molar-refractivity contribution >= 4 is 28.2 Å². The molecule has 0 saturated carbocycles. The van der Waals surface area contributed by atoms with E-state index in [-0.39, 0.29) is 12.5 Å². The van der Waals surface area contributed by atoms with Gasteiger partial charge < -0.3 is 15.0 Å². The molecule has 6 heteroatoms. The Kier molecular flexibility index (Phi) is 4.43. The highest BCUT2D eigenvalue weighted by Gasteiger charge is 2.22. The predicted octanol–water partition coefficient (Wildman–Crippen LogP) is 2.79. The number of hydrogen-bond acceptors (Lipinski definition) is 4. The predicted molar refractivity (Wildman–Crippen MR) is 110 cm³/mol. The molecule has 6 nitrogen and oxygen atoms in total. The Labute approximate surface area is 163 Å². The smallest absolute Gasteiger partial charge is 0.246 e. The van der Waals surface area contributed by atoms with Crippen LogP contribution in [0.3, 0.4) is 0 Å². The van der Waals surface area contributed by atoms with E-state index in [1.54, 1.807) is 0 Å². The van der Waals surface area contributed by atoms with E-state index >= 15 is 0 Å². The molecule has 1 aromatic heterocycles. The lowest BCUT2D eigenvalue weighted by Gasteiger charge is -2.26.